The second-order valence-electron chi connectivity index (χ2n) is 7.23. The third kappa shape index (κ3) is 4.19. The molecule has 2 fully saturated rings. The summed E-state index contributed by atoms with van der Waals surface area (Å²) in [5, 5.41) is 3.92. The SMILES string of the molecule is CCCC(C)CN1CC2(CCCCC2)NCCC1C. The van der Waals surface area contributed by atoms with Gasteiger partial charge < -0.3 is 5.32 Å². The van der Waals surface area contributed by atoms with Crippen LogP contribution < -0.4 is 5.32 Å². The van der Waals surface area contributed by atoms with E-state index in [2.05, 4.69) is 31.0 Å². The van der Waals surface area contributed by atoms with Gasteiger partial charge in [0.15, 0.2) is 0 Å². The Hall–Kier alpha value is -0.0800. The minimum absolute atomic E-state index is 0.453. The first kappa shape index (κ1) is 15.3. The molecule has 0 radical (unpaired) electrons. The van der Waals surface area contributed by atoms with Gasteiger partial charge in [0.05, 0.1) is 0 Å². The van der Waals surface area contributed by atoms with Gasteiger partial charge in [-0.05, 0) is 45.1 Å². The fourth-order valence-electron chi connectivity index (χ4n) is 4.12. The molecular formula is C17H34N2. The number of hydrogen-bond donors (Lipinski definition) is 1. The minimum Gasteiger partial charge on any atom is -0.310 e. The van der Waals surface area contributed by atoms with Crippen LogP contribution >= 0.6 is 0 Å². The monoisotopic (exact) mass is 266 g/mol. The lowest BCUT2D eigenvalue weighted by atomic mass is 9.81. The second kappa shape index (κ2) is 7.08. The summed E-state index contributed by atoms with van der Waals surface area (Å²) in [6.07, 6.45) is 11.1. The van der Waals surface area contributed by atoms with Crippen LogP contribution in [0.3, 0.4) is 0 Å². The highest BCUT2D eigenvalue weighted by Gasteiger charge is 2.36. The first-order valence-corrected chi connectivity index (χ1v) is 8.64. The number of nitrogens with zero attached hydrogens (tertiary/aromatic N) is 1. The van der Waals surface area contributed by atoms with Crippen molar-refractivity contribution in [2.75, 3.05) is 19.6 Å². The maximum Gasteiger partial charge on any atom is 0.0308 e. The Morgan fingerprint density at radius 3 is 2.68 bits per heavy atom. The summed E-state index contributed by atoms with van der Waals surface area (Å²) < 4.78 is 0. The molecule has 1 N–H and O–H groups in total. The summed E-state index contributed by atoms with van der Waals surface area (Å²) in [4.78, 5) is 2.80. The topological polar surface area (TPSA) is 15.3 Å². The van der Waals surface area contributed by atoms with Crippen molar-refractivity contribution < 1.29 is 0 Å². The van der Waals surface area contributed by atoms with E-state index in [1.165, 1.54) is 71.0 Å². The van der Waals surface area contributed by atoms with Crippen molar-refractivity contribution in [1.82, 2.24) is 10.2 Å². The predicted molar refractivity (Wildman–Crippen MR) is 83.5 cm³/mol. The molecule has 2 unspecified atom stereocenters. The van der Waals surface area contributed by atoms with E-state index < -0.39 is 0 Å². The molecule has 1 heterocycles. The summed E-state index contributed by atoms with van der Waals surface area (Å²) in [6, 6.07) is 0.758. The fourth-order valence-corrected chi connectivity index (χ4v) is 4.12. The van der Waals surface area contributed by atoms with Crippen LogP contribution in [0.15, 0.2) is 0 Å². The van der Waals surface area contributed by atoms with E-state index in [9.17, 15) is 0 Å². The molecule has 1 saturated carbocycles. The zero-order valence-electron chi connectivity index (χ0n) is 13.4. The van der Waals surface area contributed by atoms with Gasteiger partial charge in [-0.2, -0.15) is 0 Å². The largest absolute Gasteiger partial charge is 0.310 e. The summed E-state index contributed by atoms with van der Waals surface area (Å²) in [5.74, 6) is 0.853. The predicted octanol–water partition coefficient (Wildman–Crippen LogP) is 3.81. The first-order valence-electron chi connectivity index (χ1n) is 8.64. The Morgan fingerprint density at radius 1 is 1.26 bits per heavy atom. The molecule has 2 aliphatic rings. The summed E-state index contributed by atoms with van der Waals surface area (Å²) in [5.41, 5.74) is 0.453. The lowest BCUT2D eigenvalue weighted by Crippen LogP contribution is -2.53. The van der Waals surface area contributed by atoms with Gasteiger partial charge in [-0.15, -0.1) is 0 Å². The molecule has 2 rings (SSSR count). The number of nitrogens with one attached hydrogen (secondary N) is 1. The van der Waals surface area contributed by atoms with E-state index in [1.54, 1.807) is 0 Å². The van der Waals surface area contributed by atoms with Gasteiger partial charge in [0.2, 0.25) is 0 Å². The highest BCUT2D eigenvalue weighted by Crippen LogP contribution is 2.31. The smallest absolute Gasteiger partial charge is 0.0308 e. The van der Waals surface area contributed by atoms with Crippen LogP contribution in [0.4, 0.5) is 0 Å². The van der Waals surface area contributed by atoms with Gasteiger partial charge in [0.25, 0.3) is 0 Å². The summed E-state index contributed by atoms with van der Waals surface area (Å²) >= 11 is 0. The van der Waals surface area contributed by atoms with Crippen molar-refractivity contribution in [2.24, 2.45) is 5.92 Å². The van der Waals surface area contributed by atoms with E-state index in [-0.39, 0.29) is 0 Å². The van der Waals surface area contributed by atoms with Crippen LogP contribution in [0.1, 0.15) is 72.1 Å². The molecule has 1 aliphatic carbocycles. The maximum atomic E-state index is 3.92. The normalized spacial score (nSPS) is 30.2. The van der Waals surface area contributed by atoms with Crippen LogP contribution in [0.5, 0.6) is 0 Å². The highest BCUT2D eigenvalue weighted by molar-refractivity contribution is 4.96. The number of hydrogen-bond acceptors (Lipinski definition) is 2. The quantitative estimate of drug-likeness (QED) is 0.832. The van der Waals surface area contributed by atoms with E-state index in [1.807, 2.05) is 0 Å². The number of rotatable bonds is 4. The van der Waals surface area contributed by atoms with E-state index in [0.29, 0.717) is 5.54 Å². The van der Waals surface area contributed by atoms with E-state index in [0.717, 1.165) is 12.0 Å². The van der Waals surface area contributed by atoms with Crippen molar-refractivity contribution >= 4 is 0 Å². The van der Waals surface area contributed by atoms with Gasteiger partial charge in [0.1, 0.15) is 0 Å². The van der Waals surface area contributed by atoms with Gasteiger partial charge >= 0.3 is 0 Å². The molecule has 2 atom stereocenters. The minimum atomic E-state index is 0.453. The molecule has 112 valence electrons. The Bertz CT molecular complexity index is 258. The molecule has 0 amide bonds. The van der Waals surface area contributed by atoms with Crippen LogP contribution in [-0.4, -0.2) is 36.1 Å². The molecule has 0 aromatic rings. The molecular weight excluding hydrogens is 232 g/mol. The van der Waals surface area contributed by atoms with Gasteiger partial charge in [-0.1, -0.05) is 39.5 Å². The lowest BCUT2D eigenvalue weighted by molar-refractivity contribution is 0.121. The van der Waals surface area contributed by atoms with Crippen LogP contribution in [0, 0.1) is 5.92 Å². The average molecular weight is 266 g/mol. The van der Waals surface area contributed by atoms with Crippen molar-refractivity contribution in [1.29, 1.82) is 0 Å². The molecule has 2 heteroatoms. The maximum absolute atomic E-state index is 3.92. The molecule has 1 saturated heterocycles. The van der Waals surface area contributed by atoms with Crippen molar-refractivity contribution in [3.8, 4) is 0 Å². The second-order valence-corrected chi connectivity index (χ2v) is 7.23. The average Bonchev–Trinajstić information content (AvgIpc) is 2.52. The third-order valence-corrected chi connectivity index (χ3v) is 5.33. The van der Waals surface area contributed by atoms with Gasteiger partial charge in [-0.3, -0.25) is 4.90 Å². The van der Waals surface area contributed by atoms with Gasteiger partial charge in [0, 0.05) is 24.7 Å². The van der Waals surface area contributed by atoms with Gasteiger partial charge in [-0.25, -0.2) is 0 Å². The van der Waals surface area contributed by atoms with Crippen LogP contribution in [0.25, 0.3) is 0 Å². The molecule has 2 nitrogen and oxygen atoms in total. The standard InChI is InChI=1S/C17H34N2/c1-4-8-15(2)13-19-14-17(10-6-5-7-11-17)18-12-9-16(19)3/h15-16,18H,4-14H2,1-3H3. The Labute approximate surface area is 120 Å². The zero-order chi connectivity index (χ0) is 13.7. The lowest BCUT2D eigenvalue weighted by Gasteiger charge is -2.41. The fraction of sp³-hybridized carbons (Fsp3) is 1.00. The van der Waals surface area contributed by atoms with Crippen LogP contribution in [-0.2, 0) is 0 Å². The molecule has 19 heavy (non-hydrogen) atoms. The van der Waals surface area contributed by atoms with Crippen molar-refractivity contribution in [3.05, 3.63) is 0 Å². The summed E-state index contributed by atoms with van der Waals surface area (Å²) in [6.45, 7) is 11.0. The van der Waals surface area contributed by atoms with E-state index >= 15 is 0 Å². The Balaban J connectivity index is 1.98. The highest BCUT2D eigenvalue weighted by atomic mass is 15.2. The molecule has 1 spiro atoms. The third-order valence-electron chi connectivity index (χ3n) is 5.33. The molecule has 0 aromatic carbocycles. The summed E-state index contributed by atoms with van der Waals surface area (Å²) in [7, 11) is 0. The van der Waals surface area contributed by atoms with Crippen LogP contribution in [0.2, 0.25) is 0 Å². The van der Waals surface area contributed by atoms with E-state index in [4.69, 9.17) is 0 Å². The molecule has 1 aliphatic heterocycles. The van der Waals surface area contributed by atoms with Crippen molar-refractivity contribution in [3.63, 3.8) is 0 Å². The Morgan fingerprint density at radius 2 is 2.00 bits per heavy atom. The molecule has 0 bridgehead atoms. The zero-order valence-corrected chi connectivity index (χ0v) is 13.4. The molecule has 0 aromatic heterocycles. The first-order chi connectivity index (χ1) is 9.15. The van der Waals surface area contributed by atoms with Crippen molar-refractivity contribution in [2.45, 2.75) is 83.7 Å². The Kier molecular flexibility index (Phi) is 5.70.